The van der Waals surface area contributed by atoms with Gasteiger partial charge in [0.1, 0.15) is 11.4 Å². The van der Waals surface area contributed by atoms with Crippen LogP contribution >= 0.6 is 0 Å². The van der Waals surface area contributed by atoms with Crippen molar-refractivity contribution in [1.82, 2.24) is 9.13 Å². The Bertz CT molecular complexity index is 1210. The zero-order valence-corrected chi connectivity index (χ0v) is 18.4. The number of hydrogen-bond donors (Lipinski definition) is 3. The van der Waals surface area contributed by atoms with Crippen LogP contribution in [-0.4, -0.2) is 45.1 Å². The minimum Gasteiger partial charge on any atom is -0.481 e. The molecule has 0 unspecified atom stereocenters. The predicted molar refractivity (Wildman–Crippen MR) is 121 cm³/mol. The number of aryl methyl sites for hydroxylation is 2. The number of rotatable bonds is 8. The van der Waals surface area contributed by atoms with E-state index in [1.807, 2.05) is 18.3 Å². The van der Waals surface area contributed by atoms with Crippen molar-refractivity contribution < 1.29 is 29.0 Å². The van der Waals surface area contributed by atoms with Crippen LogP contribution in [0.5, 0.6) is 0 Å². The van der Waals surface area contributed by atoms with E-state index in [0.717, 1.165) is 11.1 Å². The van der Waals surface area contributed by atoms with Crippen LogP contribution in [0.2, 0.25) is 0 Å². The molecule has 0 bridgehead atoms. The second-order valence-corrected chi connectivity index (χ2v) is 7.41. The summed E-state index contributed by atoms with van der Waals surface area (Å²) < 4.78 is 8.02. The van der Waals surface area contributed by atoms with Gasteiger partial charge in [0.25, 0.3) is 5.91 Å². The lowest BCUT2D eigenvalue weighted by Crippen LogP contribution is -2.15. The number of aliphatic carboxylic acids is 1. The fourth-order valence-corrected chi connectivity index (χ4v) is 3.27. The van der Waals surface area contributed by atoms with Gasteiger partial charge in [-0.1, -0.05) is 12.1 Å². The van der Waals surface area contributed by atoms with Crippen LogP contribution in [0.4, 0.5) is 11.4 Å². The molecule has 2 heterocycles. The fourth-order valence-electron chi connectivity index (χ4n) is 3.27. The average molecular weight is 452 g/mol. The first-order valence-electron chi connectivity index (χ1n) is 10.0. The van der Waals surface area contributed by atoms with Gasteiger partial charge in [0.2, 0.25) is 5.91 Å². The normalized spacial score (nSPS) is 10.5. The van der Waals surface area contributed by atoms with E-state index in [9.17, 15) is 19.2 Å². The number of carbonyl (C=O) groups is 4. The van der Waals surface area contributed by atoms with Crippen LogP contribution in [0.15, 0.2) is 48.8 Å². The lowest BCUT2D eigenvalue weighted by Gasteiger charge is -2.07. The molecule has 10 nitrogen and oxygen atoms in total. The van der Waals surface area contributed by atoms with E-state index in [1.165, 1.54) is 13.2 Å². The Kier molecular flexibility index (Phi) is 6.97. The molecule has 172 valence electrons. The number of carboxylic acid groups (broad SMARTS) is 1. The maximum absolute atomic E-state index is 12.7. The predicted octanol–water partition coefficient (Wildman–Crippen LogP) is 2.87. The zero-order valence-electron chi connectivity index (χ0n) is 18.4. The van der Waals surface area contributed by atoms with Crippen LogP contribution in [0, 0.1) is 0 Å². The summed E-state index contributed by atoms with van der Waals surface area (Å²) in [6.07, 6.45) is 2.97. The van der Waals surface area contributed by atoms with Crippen LogP contribution < -0.4 is 10.6 Å². The molecular formula is C23H24N4O6. The van der Waals surface area contributed by atoms with Crippen molar-refractivity contribution in [3.05, 3.63) is 60.2 Å². The maximum atomic E-state index is 12.7. The molecule has 3 N–H and O–H groups in total. The zero-order chi connectivity index (χ0) is 24.1. The number of esters is 1. The van der Waals surface area contributed by atoms with Gasteiger partial charge >= 0.3 is 11.9 Å². The second kappa shape index (κ2) is 9.86. The van der Waals surface area contributed by atoms with Gasteiger partial charge in [0.05, 0.1) is 19.2 Å². The van der Waals surface area contributed by atoms with E-state index >= 15 is 0 Å². The van der Waals surface area contributed by atoms with Gasteiger partial charge in [-0.3, -0.25) is 14.4 Å². The first-order valence-corrected chi connectivity index (χ1v) is 10.0. The fraction of sp³-hybridized carbons (Fsp3) is 0.217. The molecule has 0 aliphatic heterocycles. The van der Waals surface area contributed by atoms with Gasteiger partial charge in [0, 0.05) is 44.2 Å². The van der Waals surface area contributed by atoms with Crippen molar-refractivity contribution in [2.75, 3.05) is 17.7 Å². The summed E-state index contributed by atoms with van der Waals surface area (Å²) in [5, 5.41) is 14.0. The van der Waals surface area contributed by atoms with Crippen molar-refractivity contribution >= 4 is 35.1 Å². The van der Waals surface area contributed by atoms with Gasteiger partial charge in [-0.15, -0.1) is 0 Å². The molecule has 0 atom stereocenters. The highest BCUT2D eigenvalue weighted by atomic mass is 16.5. The number of nitrogens with zero attached hydrogens (tertiary/aromatic N) is 2. The molecule has 10 heteroatoms. The monoisotopic (exact) mass is 452 g/mol. The number of aromatic nitrogens is 2. The third-order valence-electron chi connectivity index (χ3n) is 4.96. The molecule has 0 aliphatic rings. The molecule has 0 radical (unpaired) electrons. The van der Waals surface area contributed by atoms with Gasteiger partial charge in [-0.05, 0) is 29.8 Å². The van der Waals surface area contributed by atoms with Crippen LogP contribution in [-0.2, 0) is 28.4 Å². The Morgan fingerprint density at radius 1 is 0.848 bits per heavy atom. The summed E-state index contributed by atoms with van der Waals surface area (Å²) in [5.74, 6) is -2.29. The average Bonchev–Trinajstić information content (AvgIpc) is 3.34. The van der Waals surface area contributed by atoms with Crippen LogP contribution in [0.1, 0.15) is 33.8 Å². The van der Waals surface area contributed by atoms with Crippen molar-refractivity contribution in [3.63, 3.8) is 0 Å². The number of benzene rings is 1. The molecule has 33 heavy (non-hydrogen) atoms. The number of hydrogen-bond acceptors (Lipinski definition) is 5. The van der Waals surface area contributed by atoms with Crippen LogP contribution in [0.25, 0.3) is 11.1 Å². The number of carbonyl (C=O) groups excluding carboxylic acids is 3. The van der Waals surface area contributed by atoms with E-state index in [1.54, 1.807) is 47.6 Å². The van der Waals surface area contributed by atoms with Gasteiger partial charge in [0.15, 0.2) is 0 Å². The van der Waals surface area contributed by atoms with Gasteiger partial charge < -0.3 is 29.6 Å². The summed E-state index contributed by atoms with van der Waals surface area (Å²) in [5.41, 5.74) is 3.42. The minimum absolute atomic E-state index is 0.152. The molecule has 0 fully saturated rings. The third kappa shape index (κ3) is 5.67. The van der Waals surface area contributed by atoms with E-state index in [-0.39, 0.29) is 18.7 Å². The lowest BCUT2D eigenvalue weighted by molar-refractivity contribution is -0.138. The maximum Gasteiger partial charge on any atom is 0.354 e. The van der Waals surface area contributed by atoms with E-state index in [2.05, 4.69) is 10.6 Å². The third-order valence-corrected chi connectivity index (χ3v) is 4.96. The van der Waals surface area contributed by atoms with Crippen molar-refractivity contribution in [3.8, 4) is 11.1 Å². The smallest absolute Gasteiger partial charge is 0.354 e. The SMILES string of the molecule is COC(=O)c1cc(-c2ccc(NC(=O)c3cc(NC(=O)CCC(=O)O)cn3C)cc2)cn1C. The van der Waals surface area contributed by atoms with Crippen molar-refractivity contribution in [2.45, 2.75) is 12.8 Å². The highest BCUT2D eigenvalue weighted by Gasteiger charge is 2.15. The van der Waals surface area contributed by atoms with Crippen molar-refractivity contribution in [1.29, 1.82) is 0 Å². The highest BCUT2D eigenvalue weighted by molar-refractivity contribution is 6.04. The summed E-state index contributed by atoms with van der Waals surface area (Å²) in [6.45, 7) is 0. The molecule has 3 rings (SSSR count). The molecular weight excluding hydrogens is 428 g/mol. The Hall–Kier alpha value is -4.34. The Morgan fingerprint density at radius 2 is 1.52 bits per heavy atom. The molecule has 1 aromatic carbocycles. The Labute approximate surface area is 189 Å². The molecule has 0 aliphatic carbocycles. The largest absolute Gasteiger partial charge is 0.481 e. The molecule has 0 saturated heterocycles. The lowest BCUT2D eigenvalue weighted by atomic mass is 10.1. The molecule has 0 saturated carbocycles. The Morgan fingerprint density at radius 3 is 2.15 bits per heavy atom. The number of amides is 2. The highest BCUT2D eigenvalue weighted by Crippen LogP contribution is 2.24. The Balaban J connectivity index is 1.66. The summed E-state index contributed by atoms with van der Waals surface area (Å²) in [4.78, 5) is 46.9. The van der Waals surface area contributed by atoms with E-state index in [0.29, 0.717) is 22.8 Å². The number of carboxylic acids is 1. The van der Waals surface area contributed by atoms with Crippen molar-refractivity contribution in [2.24, 2.45) is 14.1 Å². The number of ether oxygens (including phenoxy) is 1. The summed E-state index contributed by atoms with van der Waals surface area (Å²) in [7, 11) is 4.75. The number of methoxy groups -OCH3 is 1. The number of anilines is 2. The second-order valence-electron chi connectivity index (χ2n) is 7.41. The first kappa shape index (κ1) is 23.3. The topological polar surface area (TPSA) is 132 Å². The van der Waals surface area contributed by atoms with Gasteiger partial charge in [-0.2, -0.15) is 0 Å². The van der Waals surface area contributed by atoms with Gasteiger partial charge in [-0.25, -0.2) is 4.79 Å². The first-order chi connectivity index (χ1) is 15.7. The summed E-state index contributed by atoms with van der Waals surface area (Å²) in [6, 6.07) is 10.4. The minimum atomic E-state index is -1.06. The molecule has 3 aromatic rings. The molecule has 2 amide bonds. The standard InChI is InChI=1S/C23H24N4O6/c1-26-12-15(10-19(26)23(32)33-3)14-4-6-16(7-5-14)25-22(31)18-11-17(13-27(18)2)24-20(28)8-9-21(29)30/h4-7,10-13H,8-9H2,1-3H3,(H,24,28)(H,25,31)(H,29,30). The van der Waals surface area contributed by atoms with E-state index in [4.69, 9.17) is 9.84 Å². The molecule has 2 aromatic heterocycles. The quantitative estimate of drug-likeness (QED) is 0.450. The van der Waals surface area contributed by atoms with Crippen LogP contribution in [0.3, 0.4) is 0 Å². The number of nitrogens with one attached hydrogen (secondary N) is 2. The summed E-state index contributed by atoms with van der Waals surface area (Å²) >= 11 is 0. The van der Waals surface area contributed by atoms with E-state index < -0.39 is 17.8 Å². The molecule has 0 spiro atoms.